The molecule has 0 unspecified atom stereocenters. The summed E-state index contributed by atoms with van der Waals surface area (Å²) in [6.07, 6.45) is 14.5. The van der Waals surface area contributed by atoms with Gasteiger partial charge in [0, 0.05) is 19.0 Å². The number of carbonyl (C=O) groups is 1. The van der Waals surface area contributed by atoms with Gasteiger partial charge in [-0.1, -0.05) is 31.1 Å². The van der Waals surface area contributed by atoms with Crippen molar-refractivity contribution >= 4 is 5.91 Å². The topological polar surface area (TPSA) is 29.1 Å². The van der Waals surface area contributed by atoms with Crippen molar-refractivity contribution in [3.63, 3.8) is 0 Å². The van der Waals surface area contributed by atoms with Gasteiger partial charge in [-0.3, -0.25) is 4.79 Å². The van der Waals surface area contributed by atoms with Crippen molar-refractivity contribution in [2.24, 2.45) is 0 Å². The number of amides is 1. The van der Waals surface area contributed by atoms with E-state index in [2.05, 4.69) is 23.1 Å². The molecule has 0 heterocycles. The molecular formula is C14H17NO. The summed E-state index contributed by atoms with van der Waals surface area (Å²) in [6, 6.07) is 0. The van der Waals surface area contributed by atoms with Crippen molar-refractivity contribution in [2.75, 3.05) is 6.54 Å². The summed E-state index contributed by atoms with van der Waals surface area (Å²) >= 11 is 0. The van der Waals surface area contributed by atoms with E-state index < -0.39 is 0 Å². The van der Waals surface area contributed by atoms with E-state index in [1.165, 1.54) is 6.08 Å². The second-order valence-electron chi connectivity index (χ2n) is 3.06. The van der Waals surface area contributed by atoms with Crippen LogP contribution in [0.25, 0.3) is 0 Å². The number of rotatable bonds is 6. The number of carbonyl (C=O) groups excluding carboxylic acids is 1. The molecule has 2 nitrogen and oxygen atoms in total. The van der Waals surface area contributed by atoms with Gasteiger partial charge in [-0.25, -0.2) is 0 Å². The molecule has 16 heavy (non-hydrogen) atoms. The Balaban J connectivity index is 3.63. The summed E-state index contributed by atoms with van der Waals surface area (Å²) in [7, 11) is 0. The molecule has 0 spiro atoms. The predicted octanol–water partition coefficient (Wildman–Crippen LogP) is 2.04. The Morgan fingerprint density at radius 2 is 2.25 bits per heavy atom. The Hall–Kier alpha value is -1.93. The monoisotopic (exact) mass is 215 g/mol. The normalized spacial score (nSPS) is 9.75. The van der Waals surface area contributed by atoms with E-state index in [4.69, 9.17) is 6.42 Å². The molecule has 0 aromatic carbocycles. The Bertz CT molecular complexity index is 347. The first-order valence-corrected chi connectivity index (χ1v) is 5.35. The third kappa shape index (κ3) is 10.2. The van der Waals surface area contributed by atoms with Gasteiger partial charge < -0.3 is 5.32 Å². The first-order chi connectivity index (χ1) is 7.81. The number of hydrogen-bond donors (Lipinski definition) is 1. The zero-order chi connectivity index (χ0) is 12.1. The van der Waals surface area contributed by atoms with Crippen LogP contribution in [0.5, 0.6) is 0 Å². The second kappa shape index (κ2) is 11.1. The van der Waals surface area contributed by atoms with Crippen molar-refractivity contribution in [3.05, 3.63) is 24.3 Å². The lowest BCUT2D eigenvalue weighted by Gasteiger charge is -1.95. The molecule has 0 aromatic rings. The standard InChI is InChI=1S/C14H17NO/c1-3-5-6-7-8-9-10-11-12-14(16)15-13-4-2/h1,9-12H,4,7-8,13H2,2H3,(H,15,16). The fourth-order valence-corrected chi connectivity index (χ4v) is 0.894. The largest absolute Gasteiger partial charge is 0.353 e. The number of hydrogen-bond acceptors (Lipinski definition) is 1. The Morgan fingerprint density at radius 1 is 1.44 bits per heavy atom. The lowest BCUT2D eigenvalue weighted by atomic mass is 10.3. The highest BCUT2D eigenvalue weighted by molar-refractivity contribution is 5.87. The molecule has 1 N–H and O–H groups in total. The molecule has 0 saturated carbocycles. The highest BCUT2D eigenvalue weighted by atomic mass is 16.1. The van der Waals surface area contributed by atoms with E-state index >= 15 is 0 Å². The van der Waals surface area contributed by atoms with Gasteiger partial charge in [0.2, 0.25) is 5.91 Å². The van der Waals surface area contributed by atoms with Gasteiger partial charge in [-0.2, -0.15) is 0 Å². The number of unbranched alkanes of at least 4 members (excludes halogenated alkanes) is 1. The maximum atomic E-state index is 11.1. The first-order valence-electron chi connectivity index (χ1n) is 5.35. The quantitative estimate of drug-likeness (QED) is 0.312. The Morgan fingerprint density at radius 3 is 2.94 bits per heavy atom. The fraction of sp³-hybridized carbons (Fsp3) is 0.357. The van der Waals surface area contributed by atoms with Crippen LogP contribution in [0.4, 0.5) is 0 Å². The van der Waals surface area contributed by atoms with Crippen molar-refractivity contribution in [1.82, 2.24) is 5.32 Å². The molecular weight excluding hydrogens is 198 g/mol. The van der Waals surface area contributed by atoms with Crippen molar-refractivity contribution in [2.45, 2.75) is 26.2 Å². The fourth-order valence-electron chi connectivity index (χ4n) is 0.894. The average Bonchev–Trinajstić information content (AvgIpc) is 2.30. The van der Waals surface area contributed by atoms with Gasteiger partial charge in [-0.05, 0) is 24.7 Å². The van der Waals surface area contributed by atoms with Gasteiger partial charge in [0.15, 0.2) is 0 Å². The second-order valence-corrected chi connectivity index (χ2v) is 3.06. The van der Waals surface area contributed by atoms with Crippen LogP contribution in [0, 0.1) is 24.2 Å². The van der Waals surface area contributed by atoms with Crippen LogP contribution in [0.2, 0.25) is 0 Å². The highest BCUT2D eigenvalue weighted by Crippen LogP contribution is 1.89. The lowest BCUT2D eigenvalue weighted by molar-refractivity contribution is -0.116. The van der Waals surface area contributed by atoms with Gasteiger partial charge >= 0.3 is 0 Å². The minimum atomic E-state index is -0.0568. The maximum Gasteiger partial charge on any atom is 0.243 e. The highest BCUT2D eigenvalue weighted by Gasteiger charge is 1.89. The van der Waals surface area contributed by atoms with Crippen molar-refractivity contribution in [3.8, 4) is 24.2 Å². The van der Waals surface area contributed by atoms with Crippen LogP contribution in [0.1, 0.15) is 26.2 Å². The van der Waals surface area contributed by atoms with Crippen LogP contribution < -0.4 is 5.32 Å². The molecule has 84 valence electrons. The summed E-state index contributed by atoms with van der Waals surface area (Å²) in [5, 5.41) is 2.75. The average molecular weight is 215 g/mol. The molecule has 1 amide bonds. The Labute approximate surface area is 97.8 Å². The summed E-state index contributed by atoms with van der Waals surface area (Å²) in [4.78, 5) is 11.1. The van der Waals surface area contributed by atoms with Gasteiger partial charge in [0.25, 0.3) is 0 Å². The molecule has 0 aliphatic rings. The van der Waals surface area contributed by atoms with E-state index in [0.717, 1.165) is 19.3 Å². The number of allylic oxidation sites excluding steroid dienone is 3. The minimum absolute atomic E-state index is 0.0568. The maximum absolute atomic E-state index is 11.1. The van der Waals surface area contributed by atoms with Gasteiger partial charge in [0.1, 0.15) is 0 Å². The van der Waals surface area contributed by atoms with Crippen LogP contribution >= 0.6 is 0 Å². The minimum Gasteiger partial charge on any atom is -0.353 e. The molecule has 0 aromatic heterocycles. The number of nitrogens with one attached hydrogen (secondary N) is 1. The van der Waals surface area contributed by atoms with Crippen LogP contribution in [-0.2, 0) is 4.79 Å². The molecule has 0 atom stereocenters. The Kier molecular flexibility index (Phi) is 9.80. The van der Waals surface area contributed by atoms with Crippen LogP contribution in [0.3, 0.4) is 0 Å². The molecule has 0 radical (unpaired) electrons. The predicted molar refractivity (Wildman–Crippen MR) is 67.4 cm³/mol. The van der Waals surface area contributed by atoms with E-state index in [-0.39, 0.29) is 5.91 Å². The zero-order valence-corrected chi connectivity index (χ0v) is 9.62. The van der Waals surface area contributed by atoms with Gasteiger partial charge in [-0.15, -0.1) is 6.42 Å². The van der Waals surface area contributed by atoms with Crippen LogP contribution in [0.15, 0.2) is 24.3 Å². The van der Waals surface area contributed by atoms with Crippen molar-refractivity contribution < 1.29 is 4.79 Å². The summed E-state index contributed by atoms with van der Waals surface area (Å²) in [6.45, 7) is 2.73. The van der Waals surface area contributed by atoms with E-state index in [1.54, 1.807) is 6.08 Å². The third-order valence-corrected chi connectivity index (χ3v) is 1.64. The van der Waals surface area contributed by atoms with Gasteiger partial charge in [0.05, 0.1) is 0 Å². The first kappa shape index (κ1) is 14.1. The molecule has 2 heteroatoms. The summed E-state index contributed by atoms with van der Waals surface area (Å²) in [5.74, 6) is 7.56. The molecule has 0 aliphatic carbocycles. The SMILES string of the molecule is C#CC#CCCC=CC=CC(=O)NCCC. The molecule has 0 bridgehead atoms. The smallest absolute Gasteiger partial charge is 0.243 e. The molecule has 0 fully saturated rings. The summed E-state index contributed by atoms with van der Waals surface area (Å²) in [5.41, 5.74) is 0. The van der Waals surface area contributed by atoms with E-state index in [0.29, 0.717) is 6.54 Å². The molecule has 0 rings (SSSR count). The third-order valence-electron chi connectivity index (χ3n) is 1.64. The number of terminal acetylenes is 1. The lowest BCUT2D eigenvalue weighted by Crippen LogP contribution is -2.21. The van der Waals surface area contributed by atoms with Crippen molar-refractivity contribution in [1.29, 1.82) is 0 Å². The summed E-state index contributed by atoms with van der Waals surface area (Å²) < 4.78 is 0. The van der Waals surface area contributed by atoms with Crippen LogP contribution in [-0.4, -0.2) is 12.5 Å². The molecule has 0 saturated heterocycles. The van der Waals surface area contributed by atoms with E-state index in [9.17, 15) is 4.79 Å². The molecule has 0 aliphatic heterocycles. The zero-order valence-electron chi connectivity index (χ0n) is 9.62. The van der Waals surface area contributed by atoms with E-state index in [1.807, 2.05) is 19.1 Å².